The summed E-state index contributed by atoms with van der Waals surface area (Å²) < 4.78 is 7.31. The van der Waals surface area contributed by atoms with E-state index in [1.165, 1.54) is 5.69 Å². The molecule has 0 atom stereocenters. The Hall–Kier alpha value is -0.580. The number of rotatable bonds is 4. The van der Waals surface area contributed by atoms with Crippen LogP contribution in [-0.4, -0.2) is 34.4 Å². The second-order valence-corrected chi connectivity index (χ2v) is 5.05. The molecule has 0 aromatic carbocycles. The lowest BCUT2D eigenvalue weighted by molar-refractivity contribution is 0.0457. The van der Waals surface area contributed by atoms with Gasteiger partial charge in [-0.05, 0) is 25.8 Å². The predicted octanol–water partition coefficient (Wildman–Crippen LogP) is 1.61. The van der Waals surface area contributed by atoms with Crippen molar-refractivity contribution < 1.29 is 4.74 Å². The maximum atomic E-state index is 6.11. The zero-order valence-corrected chi connectivity index (χ0v) is 11.3. The fourth-order valence-corrected chi connectivity index (χ4v) is 2.59. The van der Waals surface area contributed by atoms with Gasteiger partial charge in [-0.3, -0.25) is 4.68 Å². The Balaban J connectivity index is 1.98. The lowest BCUT2D eigenvalue weighted by Gasteiger charge is -2.36. The summed E-state index contributed by atoms with van der Waals surface area (Å²) >= 11 is 6.11. The van der Waals surface area contributed by atoms with Gasteiger partial charge in [0, 0.05) is 38.2 Å². The third kappa shape index (κ3) is 3.00. The number of alkyl halides is 1. The maximum absolute atomic E-state index is 6.11. The average Bonchev–Trinajstić information content (AvgIpc) is 2.67. The van der Waals surface area contributed by atoms with Crippen LogP contribution >= 0.6 is 11.6 Å². The quantitative estimate of drug-likeness (QED) is 0.833. The van der Waals surface area contributed by atoms with Gasteiger partial charge in [-0.1, -0.05) is 0 Å². The Labute approximate surface area is 107 Å². The van der Waals surface area contributed by atoms with Crippen molar-refractivity contribution >= 4 is 11.6 Å². The molecule has 1 aliphatic rings. The van der Waals surface area contributed by atoms with Gasteiger partial charge in [0.15, 0.2) is 0 Å². The number of nitrogens with zero attached hydrogens (tertiary/aromatic N) is 2. The molecule has 2 heterocycles. The Morgan fingerprint density at radius 2 is 2.24 bits per heavy atom. The van der Waals surface area contributed by atoms with Gasteiger partial charge in [0.05, 0.1) is 11.4 Å². The molecule has 0 saturated carbocycles. The van der Waals surface area contributed by atoms with E-state index in [0.29, 0.717) is 5.88 Å². The minimum absolute atomic E-state index is 0.0258. The number of aromatic nitrogens is 2. The van der Waals surface area contributed by atoms with E-state index < -0.39 is 0 Å². The van der Waals surface area contributed by atoms with Crippen molar-refractivity contribution in [2.45, 2.75) is 31.8 Å². The maximum Gasteiger partial charge on any atom is 0.0597 e. The van der Waals surface area contributed by atoms with Crippen molar-refractivity contribution in [2.24, 2.45) is 7.05 Å². The minimum Gasteiger partial charge on any atom is -0.381 e. The third-order valence-electron chi connectivity index (χ3n) is 3.45. The minimum atomic E-state index is 0.0258. The number of hydrogen-bond donors (Lipinski definition) is 1. The first kappa shape index (κ1) is 12.9. The number of aryl methyl sites for hydroxylation is 2. The normalized spacial score (nSPS) is 19.5. The highest BCUT2D eigenvalue weighted by molar-refractivity contribution is 6.18. The molecule has 2 rings (SSSR count). The Kier molecular flexibility index (Phi) is 4.07. The Bertz CT molecular complexity index is 372. The number of nitrogens with one attached hydrogen (secondary N) is 1. The summed E-state index contributed by atoms with van der Waals surface area (Å²) in [5.74, 6) is 0.632. The van der Waals surface area contributed by atoms with E-state index in [9.17, 15) is 0 Å². The first-order valence-corrected chi connectivity index (χ1v) is 6.57. The lowest BCUT2D eigenvalue weighted by atomic mass is 9.92. The molecule has 0 aliphatic carbocycles. The third-order valence-corrected chi connectivity index (χ3v) is 3.96. The van der Waals surface area contributed by atoms with Crippen LogP contribution in [0, 0.1) is 6.92 Å². The van der Waals surface area contributed by atoms with Crippen molar-refractivity contribution in [1.82, 2.24) is 15.1 Å². The predicted molar refractivity (Wildman–Crippen MR) is 68.3 cm³/mol. The van der Waals surface area contributed by atoms with Crippen molar-refractivity contribution in [3.8, 4) is 0 Å². The zero-order valence-electron chi connectivity index (χ0n) is 10.5. The van der Waals surface area contributed by atoms with E-state index >= 15 is 0 Å². The van der Waals surface area contributed by atoms with E-state index in [1.54, 1.807) is 0 Å². The molecule has 0 unspecified atom stereocenters. The molecule has 1 saturated heterocycles. The fraction of sp³-hybridized carbons (Fsp3) is 0.750. The molecule has 0 spiro atoms. The van der Waals surface area contributed by atoms with Crippen LogP contribution in [0.25, 0.3) is 0 Å². The second kappa shape index (κ2) is 5.38. The van der Waals surface area contributed by atoms with Gasteiger partial charge in [-0.2, -0.15) is 5.10 Å². The van der Waals surface area contributed by atoms with E-state index in [-0.39, 0.29) is 5.54 Å². The summed E-state index contributed by atoms with van der Waals surface area (Å²) in [5.41, 5.74) is 2.27. The molecular formula is C12H20ClN3O. The van der Waals surface area contributed by atoms with E-state index in [4.69, 9.17) is 16.3 Å². The van der Waals surface area contributed by atoms with E-state index in [2.05, 4.69) is 16.5 Å². The SMILES string of the molecule is Cc1cc(CNC2(CCl)CCOCC2)n(C)n1. The second-order valence-electron chi connectivity index (χ2n) is 4.78. The molecule has 4 nitrogen and oxygen atoms in total. The molecule has 0 radical (unpaired) electrons. The Morgan fingerprint density at radius 1 is 1.53 bits per heavy atom. The number of ether oxygens (including phenoxy) is 1. The monoisotopic (exact) mass is 257 g/mol. The summed E-state index contributed by atoms with van der Waals surface area (Å²) in [6, 6.07) is 2.11. The van der Waals surface area contributed by atoms with Crippen molar-refractivity contribution in [1.29, 1.82) is 0 Å². The molecule has 1 aliphatic heterocycles. The molecule has 5 heteroatoms. The van der Waals surface area contributed by atoms with Gasteiger partial charge in [0.2, 0.25) is 0 Å². The summed E-state index contributed by atoms with van der Waals surface area (Å²) in [5, 5.41) is 7.92. The average molecular weight is 258 g/mol. The highest BCUT2D eigenvalue weighted by atomic mass is 35.5. The molecular weight excluding hydrogens is 238 g/mol. The van der Waals surface area contributed by atoms with Gasteiger partial charge in [-0.25, -0.2) is 0 Å². The largest absolute Gasteiger partial charge is 0.381 e. The first-order chi connectivity index (χ1) is 8.15. The van der Waals surface area contributed by atoms with Crippen LogP contribution in [0.15, 0.2) is 6.07 Å². The summed E-state index contributed by atoms with van der Waals surface area (Å²) in [6.07, 6.45) is 1.96. The van der Waals surface area contributed by atoms with Gasteiger partial charge in [0.25, 0.3) is 0 Å². The summed E-state index contributed by atoms with van der Waals surface area (Å²) in [7, 11) is 1.97. The highest BCUT2D eigenvalue weighted by Gasteiger charge is 2.31. The molecule has 1 fully saturated rings. The van der Waals surface area contributed by atoms with Crippen LogP contribution in [0.1, 0.15) is 24.2 Å². The van der Waals surface area contributed by atoms with Crippen molar-refractivity contribution in [3.63, 3.8) is 0 Å². The smallest absolute Gasteiger partial charge is 0.0597 e. The molecule has 0 amide bonds. The van der Waals surface area contributed by atoms with Gasteiger partial charge < -0.3 is 10.1 Å². The molecule has 1 aromatic heterocycles. The van der Waals surface area contributed by atoms with Gasteiger partial charge in [0.1, 0.15) is 0 Å². The zero-order chi connectivity index (χ0) is 12.3. The van der Waals surface area contributed by atoms with Gasteiger partial charge >= 0.3 is 0 Å². The van der Waals surface area contributed by atoms with Crippen LogP contribution < -0.4 is 5.32 Å². The molecule has 17 heavy (non-hydrogen) atoms. The van der Waals surface area contributed by atoms with Crippen molar-refractivity contribution in [2.75, 3.05) is 19.1 Å². The molecule has 0 bridgehead atoms. The van der Waals surface area contributed by atoms with Crippen LogP contribution in [0.5, 0.6) is 0 Å². The number of halogens is 1. The lowest BCUT2D eigenvalue weighted by Crippen LogP contribution is -2.50. The summed E-state index contributed by atoms with van der Waals surface area (Å²) in [4.78, 5) is 0. The fourth-order valence-electron chi connectivity index (χ4n) is 2.23. The molecule has 96 valence electrons. The first-order valence-electron chi connectivity index (χ1n) is 6.03. The van der Waals surface area contributed by atoms with Crippen molar-refractivity contribution in [3.05, 3.63) is 17.5 Å². The van der Waals surface area contributed by atoms with E-state index in [1.807, 2.05) is 18.7 Å². The number of hydrogen-bond acceptors (Lipinski definition) is 3. The Morgan fingerprint density at radius 3 is 2.76 bits per heavy atom. The molecule has 1 N–H and O–H groups in total. The van der Waals surface area contributed by atoms with E-state index in [0.717, 1.165) is 38.3 Å². The van der Waals surface area contributed by atoms with Crippen LogP contribution in [0.3, 0.4) is 0 Å². The van der Waals surface area contributed by atoms with Crippen LogP contribution in [0.4, 0.5) is 0 Å². The highest BCUT2D eigenvalue weighted by Crippen LogP contribution is 2.22. The summed E-state index contributed by atoms with van der Waals surface area (Å²) in [6.45, 7) is 4.41. The topological polar surface area (TPSA) is 39.1 Å². The molecule has 1 aromatic rings. The van der Waals surface area contributed by atoms with Crippen LogP contribution in [-0.2, 0) is 18.3 Å². The van der Waals surface area contributed by atoms with Crippen LogP contribution in [0.2, 0.25) is 0 Å². The standard InChI is InChI=1S/C12H20ClN3O/c1-10-7-11(16(2)15-10)8-14-12(9-13)3-5-17-6-4-12/h7,14H,3-6,8-9H2,1-2H3. The van der Waals surface area contributed by atoms with Gasteiger partial charge in [-0.15, -0.1) is 11.6 Å².